The Morgan fingerprint density at radius 2 is 0.630 bits per heavy atom. The molecule has 19 heteroatoms. The van der Waals surface area contributed by atoms with Gasteiger partial charge < -0.3 is 33.8 Å². The highest BCUT2D eigenvalue weighted by atomic mass is 31.2. The van der Waals surface area contributed by atoms with E-state index in [2.05, 4.69) is 48.5 Å². The van der Waals surface area contributed by atoms with Crippen molar-refractivity contribution in [1.29, 1.82) is 0 Å². The number of aliphatic hydroxyl groups excluding tert-OH is 1. The lowest BCUT2D eigenvalue weighted by atomic mass is 9.99. The molecule has 480 valence electrons. The zero-order valence-electron chi connectivity index (χ0n) is 52.2. The Morgan fingerprint density at radius 1 is 0.358 bits per heavy atom. The van der Waals surface area contributed by atoms with E-state index in [-0.39, 0.29) is 25.7 Å². The first-order valence-electron chi connectivity index (χ1n) is 32.4. The number of unbranched alkanes of at least 4 members (excludes halogenated alkanes) is 27. The average Bonchev–Trinajstić information content (AvgIpc) is 3.42. The molecule has 0 heterocycles. The van der Waals surface area contributed by atoms with Gasteiger partial charge in [-0.3, -0.25) is 37.3 Å². The number of hydrogen-bond donors (Lipinski definition) is 3. The van der Waals surface area contributed by atoms with Crippen LogP contribution in [-0.4, -0.2) is 96.7 Å². The minimum Gasteiger partial charge on any atom is -0.462 e. The van der Waals surface area contributed by atoms with E-state index in [1.807, 2.05) is 0 Å². The van der Waals surface area contributed by atoms with E-state index in [9.17, 15) is 43.2 Å². The second-order valence-corrected chi connectivity index (χ2v) is 26.5. The van der Waals surface area contributed by atoms with E-state index in [0.717, 1.165) is 102 Å². The van der Waals surface area contributed by atoms with Gasteiger partial charge in [-0.15, -0.1) is 0 Å². The summed E-state index contributed by atoms with van der Waals surface area (Å²) >= 11 is 0. The van der Waals surface area contributed by atoms with Crippen molar-refractivity contribution < 1.29 is 80.2 Å². The van der Waals surface area contributed by atoms with Crippen molar-refractivity contribution >= 4 is 39.5 Å². The van der Waals surface area contributed by atoms with Crippen molar-refractivity contribution in [1.82, 2.24) is 0 Å². The third-order valence-corrected chi connectivity index (χ3v) is 16.4. The molecule has 0 aromatic rings. The Bertz CT molecular complexity index is 1620. The molecule has 0 rings (SSSR count). The van der Waals surface area contributed by atoms with E-state index >= 15 is 0 Å². The van der Waals surface area contributed by atoms with Crippen LogP contribution < -0.4 is 0 Å². The Morgan fingerprint density at radius 3 is 0.938 bits per heavy atom. The Kier molecular flexibility index (Phi) is 52.2. The van der Waals surface area contributed by atoms with Gasteiger partial charge in [0.05, 0.1) is 26.4 Å². The minimum absolute atomic E-state index is 0.103. The third-order valence-electron chi connectivity index (χ3n) is 14.5. The van der Waals surface area contributed by atoms with Crippen LogP contribution in [0.15, 0.2) is 0 Å². The smallest absolute Gasteiger partial charge is 0.462 e. The normalized spacial score (nSPS) is 14.8. The summed E-state index contributed by atoms with van der Waals surface area (Å²) in [5, 5.41) is 10.5. The lowest BCUT2D eigenvalue weighted by Crippen LogP contribution is -2.30. The first-order valence-corrected chi connectivity index (χ1v) is 35.4. The zero-order chi connectivity index (χ0) is 60.3. The first kappa shape index (κ1) is 79.1. The SMILES string of the molecule is CCCCCCCCCCCC(=O)OC[C@H](COP(=O)(O)OC[C@H](O)COP(=O)(O)OC[C@@H](COC(=O)CCCCCCCCCC(C)C)OC(=O)CCCCCCCCCCC(C)CC)OC(=O)CCCCCCCCCC(C)C. The van der Waals surface area contributed by atoms with Crippen LogP contribution in [0.3, 0.4) is 0 Å². The standard InChI is InChI=1S/C62H120O17P2/c1-8-10-11-12-13-14-22-29-36-43-59(64)72-49-58(79-62(67)46-39-32-25-18-20-27-34-41-54(5)6)52-77-81(70,71)75-48-56(63)47-74-80(68,69)76-51-57(50-73-60(65)44-37-30-24-17-19-26-33-40-53(3)4)78-61(66)45-38-31-23-16-15-21-28-35-42-55(7)9-2/h53-58,63H,8-52H2,1-7H3,(H,68,69)(H,70,71)/t55?,56-,57-,58-/m1/s1. The lowest BCUT2D eigenvalue weighted by molar-refractivity contribution is -0.161. The second kappa shape index (κ2) is 53.5. The number of phosphoric acid groups is 2. The van der Waals surface area contributed by atoms with Gasteiger partial charge in [0.1, 0.15) is 19.3 Å². The molecule has 0 aliphatic heterocycles. The first-order chi connectivity index (χ1) is 38.8. The molecular weight excluding hydrogens is 1080 g/mol. The quantitative estimate of drug-likeness (QED) is 0.0222. The predicted molar refractivity (Wildman–Crippen MR) is 321 cm³/mol. The fourth-order valence-corrected chi connectivity index (χ4v) is 10.7. The molecule has 0 fully saturated rings. The number of phosphoric ester groups is 2. The third kappa shape index (κ3) is 55.7. The number of rotatable bonds is 60. The zero-order valence-corrected chi connectivity index (χ0v) is 54.0. The number of esters is 4. The lowest BCUT2D eigenvalue weighted by Gasteiger charge is -2.21. The number of carbonyl (C=O) groups excluding carboxylic acids is 4. The van der Waals surface area contributed by atoms with Crippen molar-refractivity contribution in [2.75, 3.05) is 39.6 Å². The molecule has 0 radical (unpaired) electrons. The van der Waals surface area contributed by atoms with Gasteiger partial charge >= 0.3 is 39.5 Å². The molecule has 0 aliphatic carbocycles. The molecule has 81 heavy (non-hydrogen) atoms. The van der Waals surface area contributed by atoms with E-state index in [1.165, 1.54) is 103 Å². The highest BCUT2D eigenvalue weighted by molar-refractivity contribution is 7.47. The van der Waals surface area contributed by atoms with Crippen LogP contribution in [0.2, 0.25) is 0 Å². The van der Waals surface area contributed by atoms with Gasteiger partial charge in [-0.1, -0.05) is 248 Å². The average molecular weight is 1200 g/mol. The largest absolute Gasteiger partial charge is 0.472 e. The number of aliphatic hydroxyl groups is 1. The molecule has 17 nitrogen and oxygen atoms in total. The van der Waals surface area contributed by atoms with E-state index < -0.39 is 97.5 Å². The predicted octanol–water partition coefficient (Wildman–Crippen LogP) is 16.7. The Labute approximate surface area is 492 Å². The van der Waals surface area contributed by atoms with Crippen molar-refractivity contribution in [2.24, 2.45) is 17.8 Å². The van der Waals surface area contributed by atoms with Crippen LogP contribution >= 0.6 is 15.6 Å². The number of ether oxygens (including phenoxy) is 4. The van der Waals surface area contributed by atoms with Gasteiger partial charge in [-0.25, -0.2) is 9.13 Å². The summed E-state index contributed by atoms with van der Waals surface area (Å²) in [6.07, 6.45) is 33.6. The van der Waals surface area contributed by atoms with Gasteiger partial charge in [-0.05, 0) is 43.4 Å². The summed E-state index contributed by atoms with van der Waals surface area (Å²) in [5.41, 5.74) is 0. The van der Waals surface area contributed by atoms with Gasteiger partial charge in [0, 0.05) is 25.7 Å². The number of hydrogen-bond acceptors (Lipinski definition) is 15. The Balaban J connectivity index is 5.25. The minimum atomic E-state index is -4.94. The van der Waals surface area contributed by atoms with E-state index in [4.69, 9.17) is 37.0 Å². The number of carbonyl (C=O) groups is 4. The summed E-state index contributed by atoms with van der Waals surface area (Å²) in [5.74, 6) is 0.0272. The summed E-state index contributed by atoms with van der Waals surface area (Å²) in [7, 11) is -9.88. The molecular formula is C62H120O17P2. The van der Waals surface area contributed by atoms with E-state index in [1.54, 1.807) is 0 Å². The molecule has 0 saturated heterocycles. The maximum Gasteiger partial charge on any atom is 0.472 e. The molecule has 0 saturated carbocycles. The molecule has 0 aromatic carbocycles. The maximum absolute atomic E-state index is 12.9. The summed E-state index contributed by atoms with van der Waals surface area (Å²) in [6.45, 7) is 11.6. The molecule has 3 unspecified atom stereocenters. The molecule has 0 amide bonds. The van der Waals surface area contributed by atoms with Crippen LogP contribution in [0, 0.1) is 17.8 Å². The highest BCUT2D eigenvalue weighted by Gasteiger charge is 2.30. The fraction of sp³-hybridized carbons (Fsp3) is 0.935. The molecule has 6 atom stereocenters. The van der Waals surface area contributed by atoms with Crippen molar-refractivity contribution in [3.05, 3.63) is 0 Å². The van der Waals surface area contributed by atoms with Gasteiger partial charge in [0.25, 0.3) is 0 Å². The van der Waals surface area contributed by atoms with Crippen LogP contribution in [0.4, 0.5) is 0 Å². The van der Waals surface area contributed by atoms with Gasteiger partial charge in [0.2, 0.25) is 0 Å². The van der Waals surface area contributed by atoms with Crippen LogP contribution in [0.25, 0.3) is 0 Å². The highest BCUT2D eigenvalue weighted by Crippen LogP contribution is 2.45. The molecule has 3 N–H and O–H groups in total. The summed E-state index contributed by atoms with van der Waals surface area (Å²) in [6, 6.07) is 0. The fourth-order valence-electron chi connectivity index (χ4n) is 9.09. The maximum atomic E-state index is 12.9. The molecule has 0 bridgehead atoms. The summed E-state index contributed by atoms with van der Waals surface area (Å²) < 4.78 is 67.9. The summed E-state index contributed by atoms with van der Waals surface area (Å²) in [4.78, 5) is 72.1. The van der Waals surface area contributed by atoms with Crippen LogP contribution in [0.5, 0.6) is 0 Å². The second-order valence-electron chi connectivity index (χ2n) is 23.6. The molecule has 0 aromatic heterocycles. The molecule has 0 aliphatic rings. The van der Waals surface area contributed by atoms with Crippen molar-refractivity contribution in [3.8, 4) is 0 Å². The van der Waals surface area contributed by atoms with E-state index in [0.29, 0.717) is 37.5 Å². The van der Waals surface area contributed by atoms with Crippen LogP contribution in [0.1, 0.15) is 299 Å². The van der Waals surface area contributed by atoms with Crippen molar-refractivity contribution in [3.63, 3.8) is 0 Å². The van der Waals surface area contributed by atoms with Crippen LogP contribution in [-0.2, 0) is 65.4 Å². The van der Waals surface area contributed by atoms with Gasteiger partial charge in [-0.2, -0.15) is 0 Å². The monoisotopic (exact) mass is 1200 g/mol. The Hall–Kier alpha value is -1.94. The van der Waals surface area contributed by atoms with Gasteiger partial charge in [0.15, 0.2) is 12.2 Å². The topological polar surface area (TPSA) is 237 Å². The molecule has 0 spiro atoms. The van der Waals surface area contributed by atoms with Crippen molar-refractivity contribution in [2.45, 2.75) is 317 Å².